The van der Waals surface area contributed by atoms with Gasteiger partial charge in [0.2, 0.25) is 5.91 Å². The van der Waals surface area contributed by atoms with Crippen molar-refractivity contribution in [3.63, 3.8) is 0 Å². The Bertz CT molecular complexity index is 560. The van der Waals surface area contributed by atoms with Crippen LogP contribution in [0.1, 0.15) is 37.0 Å². The topological polar surface area (TPSA) is 95.5 Å². The Morgan fingerprint density at radius 2 is 2.00 bits per heavy atom. The van der Waals surface area contributed by atoms with Crippen molar-refractivity contribution in [2.24, 2.45) is 0 Å². The Hall–Kier alpha value is -2.44. The fourth-order valence-corrected chi connectivity index (χ4v) is 1.69. The van der Waals surface area contributed by atoms with E-state index in [1.54, 1.807) is 6.92 Å². The lowest BCUT2D eigenvalue weighted by Crippen LogP contribution is -2.33. The highest BCUT2D eigenvalue weighted by molar-refractivity contribution is 5.97. The molecule has 1 aromatic rings. The van der Waals surface area contributed by atoms with E-state index >= 15 is 0 Å². The van der Waals surface area contributed by atoms with Crippen LogP contribution in [0, 0.1) is 5.82 Å². The predicted octanol–water partition coefficient (Wildman–Crippen LogP) is 1.77. The lowest BCUT2D eigenvalue weighted by Gasteiger charge is -2.14. The molecule has 21 heavy (non-hydrogen) atoms. The number of carbonyl (C=O) groups excluding carboxylic acids is 2. The molecule has 2 amide bonds. The minimum Gasteiger partial charge on any atom is -0.481 e. The number of nitrogens with one attached hydrogen (secondary N) is 2. The van der Waals surface area contributed by atoms with Gasteiger partial charge in [-0.1, -0.05) is 0 Å². The number of hydrogen-bond acceptors (Lipinski definition) is 3. The molecule has 0 aliphatic rings. The zero-order valence-electron chi connectivity index (χ0n) is 11.8. The highest BCUT2D eigenvalue weighted by Gasteiger charge is 2.15. The minimum atomic E-state index is -0.963. The molecular formula is C14H17FN2O4. The van der Waals surface area contributed by atoms with E-state index in [1.165, 1.54) is 19.1 Å². The molecule has 0 heterocycles. The number of carbonyl (C=O) groups is 3. The molecule has 0 radical (unpaired) electrons. The first-order valence-corrected chi connectivity index (χ1v) is 6.39. The molecular weight excluding hydrogens is 279 g/mol. The third-order valence-electron chi connectivity index (χ3n) is 2.70. The summed E-state index contributed by atoms with van der Waals surface area (Å²) >= 11 is 0. The Labute approximate surface area is 121 Å². The first kappa shape index (κ1) is 16.6. The van der Waals surface area contributed by atoms with Gasteiger partial charge in [0.15, 0.2) is 0 Å². The van der Waals surface area contributed by atoms with E-state index in [1.807, 2.05) is 0 Å². The van der Waals surface area contributed by atoms with E-state index in [-0.39, 0.29) is 24.3 Å². The van der Waals surface area contributed by atoms with Crippen molar-refractivity contribution in [1.82, 2.24) is 5.32 Å². The maximum absolute atomic E-state index is 13.7. The van der Waals surface area contributed by atoms with E-state index in [9.17, 15) is 18.8 Å². The summed E-state index contributed by atoms with van der Waals surface area (Å²) in [4.78, 5) is 33.3. The second-order valence-electron chi connectivity index (χ2n) is 4.68. The summed E-state index contributed by atoms with van der Waals surface area (Å²) in [5, 5.41) is 13.5. The highest BCUT2D eigenvalue weighted by atomic mass is 19.1. The van der Waals surface area contributed by atoms with Crippen LogP contribution >= 0.6 is 0 Å². The van der Waals surface area contributed by atoms with Crippen molar-refractivity contribution in [1.29, 1.82) is 0 Å². The quantitative estimate of drug-likeness (QED) is 0.745. The Morgan fingerprint density at radius 1 is 1.33 bits per heavy atom. The van der Waals surface area contributed by atoms with Gasteiger partial charge >= 0.3 is 5.97 Å². The molecule has 3 N–H and O–H groups in total. The first-order valence-electron chi connectivity index (χ1n) is 6.39. The molecule has 0 aliphatic heterocycles. The summed E-state index contributed by atoms with van der Waals surface area (Å²) in [7, 11) is 0. The van der Waals surface area contributed by atoms with Crippen molar-refractivity contribution >= 4 is 23.5 Å². The average Bonchev–Trinajstić information content (AvgIpc) is 2.38. The predicted molar refractivity (Wildman–Crippen MR) is 74.5 cm³/mol. The highest BCUT2D eigenvalue weighted by Crippen LogP contribution is 2.15. The number of benzene rings is 1. The van der Waals surface area contributed by atoms with Gasteiger partial charge in [-0.3, -0.25) is 14.4 Å². The Kier molecular flexibility index (Phi) is 5.83. The summed E-state index contributed by atoms with van der Waals surface area (Å²) in [5.41, 5.74) is 0.107. The van der Waals surface area contributed by atoms with Gasteiger partial charge in [-0.15, -0.1) is 0 Å². The molecule has 1 atom stereocenters. The SMILES string of the molecule is CC(=O)Nc1ccc(F)c(C(=O)NC(C)CCC(=O)O)c1. The standard InChI is InChI=1S/C14H17FN2O4/c1-8(3-6-13(19)20)16-14(21)11-7-10(17-9(2)18)4-5-12(11)15/h4-5,7-8H,3,6H2,1-2H3,(H,16,21)(H,17,18)(H,19,20). The normalized spacial score (nSPS) is 11.6. The van der Waals surface area contributed by atoms with Crippen LogP contribution in [0.25, 0.3) is 0 Å². The first-order chi connectivity index (χ1) is 9.79. The van der Waals surface area contributed by atoms with Gasteiger partial charge < -0.3 is 15.7 Å². The van der Waals surface area contributed by atoms with Gasteiger partial charge in [-0.25, -0.2) is 4.39 Å². The molecule has 7 heteroatoms. The largest absolute Gasteiger partial charge is 0.481 e. The summed E-state index contributed by atoms with van der Waals surface area (Å²) in [6.45, 7) is 2.94. The molecule has 0 spiro atoms. The maximum atomic E-state index is 13.7. The molecule has 0 saturated heterocycles. The van der Waals surface area contributed by atoms with Crippen LogP contribution in [0.2, 0.25) is 0 Å². The molecule has 6 nitrogen and oxygen atoms in total. The van der Waals surface area contributed by atoms with Gasteiger partial charge in [-0.05, 0) is 31.5 Å². The smallest absolute Gasteiger partial charge is 0.303 e. The lowest BCUT2D eigenvalue weighted by atomic mass is 10.1. The molecule has 0 bridgehead atoms. The molecule has 1 rings (SSSR count). The van der Waals surface area contributed by atoms with Crippen LogP contribution in [0.3, 0.4) is 0 Å². The van der Waals surface area contributed by atoms with E-state index in [4.69, 9.17) is 5.11 Å². The number of rotatable bonds is 6. The monoisotopic (exact) mass is 296 g/mol. The van der Waals surface area contributed by atoms with Crippen LogP contribution in [0.4, 0.5) is 10.1 Å². The fourth-order valence-electron chi connectivity index (χ4n) is 1.69. The molecule has 0 aromatic heterocycles. The van der Waals surface area contributed by atoms with Crippen LogP contribution in [0.15, 0.2) is 18.2 Å². The number of halogens is 1. The van der Waals surface area contributed by atoms with Crippen LogP contribution in [-0.2, 0) is 9.59 Å². The van der Waals surface area contributed by atoms with E-state index in [2.05, 4.69) is 10.6 Å². The minimum absolute atomic E-state index is 0.0874. The fraction of sp³-hybridized carbons (Fsp3) is 0.357. The van der Waals surface area contributed by atoms with Gasteiger partial charge in [0.05, 0.1) is 5.56 Å². The van der Waals surface area contributed by atoms with Crippen molar-refractivity contribution in [2.75, 3.05) is 5.32 Å². The van der Waals surface area contributed by atoms with E-state index < -0.39 is 23.7 Å². The maximum Gasteiger partial charge on any atom is 0.303 e. The second kappa shape index (κ2) is 7.37. The summed E-state index contributed by atoms with van der Waals surface area (Å²) in [6.07, 6.45) is 0.157. The number of carboxylic acid groups (broad SMARTS) is 1. The van der Waals surface area contributed by atoms with Crippen molar-refractivity contribution in [3.8, 4) is 0 Å². The third kappa shape index (κ3) is 5.60. The second-order valence-corrected chi connectivity index (χ2v) is 4.68. The number of amides is 2. The van der Waals surface area contributed by atoms with Crippen molar-refractivity contribution < 1.29 is 23.9 Å². The molecule has 114 valence electrons. The third-order valence-corrected chi connectivity index (χ3v) is 2.70. The van der Waals surface area contributed by atoms with Crippen LogP contribution < -0.4 is 10.6 Å². The summed E-state index contributed by atoms with van der Waals surface area (Å²) < 4.78 is 13.7. The number of anilines is 1. The molecule has 0 fully saturated rings. The van der Waals surface area contributed by atoms with Crippen molar-refractivity contribution in [3.05, 3.63) is 29.6 Å². The van der Waals surface area contributed by atoms with Gasteiger partial charge in [-0.2, -0.15) is 0 Å². The zero-order chi connectivity index (χ0) is 16.0. The summed E-state index contributed by atoms with van der Waals surface area (Å²) in [6, 6.07) is 3.26. The van der Waals surface area contributed by atoms with Gasteiger partial charge in [0, 0.05) is 25.1 Å². The number of aliphatic carboxylic acids is 1. The molecule has 1 unspecified atom stereocenters. The van der Waals surface area contributed by atoms with E-state index in [0.29, 0.717) is 5.69 Å². The van der Waals surface area contributed by atoms with Crippen LogP contribution in [-0.4, -0.2) is 28.9 Å². The summed E-state index contributed by atoms with van der Waals surface area (Å²) in [5.74, 6) is -2.66. The molecule has 1 aromatic carbocycles. The number of carboxylic acids is 1. The van der Waals surface area contributed by atoms with E-state index in [0.717, 1.165) is 6.07 Å². The average molecular weight is 296 g/mol. The molecule has 0 aliphatic carbocycles. The Morgan fingerprint density at radius 3 is 2.57 bits per heavy atom. The van der Waals surface area contributed by atoms with Gasteiger partial charge in [0.1, 0.15) is 5.82 Å². The van der Waals surface area contributed by atoms with Crippen molar-refractivity contribution in [2.45, 2.75) is 32.7 Å². The number of hydrogen-bond donors (Lipinski definition) is 3. The molecule has 0 saturated carbocycles. The zero-order valence-corrected chi connectivity index (χ0v) is 11.8. The Balaban J connectivity index is 2.76. The van der Waals surface area contributed by atoms with Crippen LogP contribution in [0.5, 0.6) is 0 Å². The lowest BCUT2D eigenvalue weighted by molar-refractivity contribution is -0.137. The van der Waals surface area contributed by atoms with Gasteiger partial charge in [0.25, 0.3) is 5.91 Å².